The van der Waals surface area contributed by atoms with Crippen molar-refractivity contribution in [2.45, 2.75) is 201 Å². The minimum absolute atomic E-state index is 0.0465. The van der Waals surface area contributed by atoms with Gasteiger partial charge in [-0.2, -0.15) is 8.42 Å². The quantitative estimate of drug-likeness (QED) is 0.0917. The van der Waals surface area contributed by atoms with Crippen molar-refractivity contribution in [2.75, 3.05) is 12.3 Å². The van der Waals surface area contributed by atoms with E-state index in [-0.39, 0.29) is 41.6 Å². The number of amides is 1. The Hall–Kier alpha value is -0.740. The minimum atomic E-state index is -4.09. The number of fused-ring (bicyclic) bond motifs is 10. The van der Waals surface area contributed by atoms with E-state index < -0.39 is 15.9 Å². The van der Waals surface area contributed by atoms with Crippen LogP contribution in [0.2, 0.25) is 0 Å². The van der Waals surface area contributed by atoms with Crippen LogP contribution in [0, 0.1) is 98.6 Å². The number of aliphatic hydroxyl groups excluding tert-OH is 3. The second-order valence-electron chi connectivity index (χ2n) is 24.5. The van der Waals surface area contributed by atoms with E-state index in [0.29, 0.717) is 64.6 Å². The number of hydrogen-bond donors (Lipinski definition) is 5. The van der Waals surface area contributed by atoms with Crippen LogP contribution in [0.15, 0.2) is 0 Å². The van der Waals surface area contributed by atoms with Crippen molar-refractivity contribution < 1.29 is 33.1 Å². The summed E-state index contributed by atoms with van der Waals surface area (Å²) in [5, 5.41) is 36.0. The van der Waals surface area contributed by atoms with Crippen LogP contribution in [0.5, 0.6) is 0 Å². The van der Waals surface area contributed by atoms with Gasteiger partial charge in [-0.1, -0.05) is 67.2 Å². The second kappa shape index (κ2) is 17.2. The van der Waals surface area contributed by atoms with Crippen LogP contribution in [0.3, 0.4) is 0 Å². The molecule has 8 nitrogen and oxygen atoms in total. The van der Waals surface area contributed by atoms with Crippen LogP contribution >= 0.6 is 0 Å². The molecule has 8 rings (SSSR count). The second-order valence-corrected chi connectivity index (χ2v) is 26.1. The third kappa shape index (κ3) is 8.25. The molecule has 0 bridgehead atoms. The van der Waals surface area contributed by atoms with Crippen molar-refractivity contribution in [1.82, 2.24) is 5.32 Å². The fourth-order valence-corrected chi connectivity index (χ4v) is 19.3. The highest BCUT2D eigenvalue weighted by molar-refractivity contribution is 7.85. The molecule has 9 heteroatoms. The van der Waals surface area contributed by atoms with Gasteiger partial charge in [-0.15, -0.1) is 0 Å². The summed E-state index contributed by atoms with van der Waals surface area (Å²) >= 11 is 0. The molecule has 0 aromatic rings. The van der Waals surface area contributed by atoms with Gasteiger partial charge in [0.25, 0.3) is 10.1 Å². The molecule has 8 aliphatic carbocycles. The Kier molecular flexibility index (Phi) is 13.2. The van der Waals surface area contributed by atoms with E-state index in [2.05, 4.69) is 46.9 Å². The van der Waals surface area contributed by atoms with Crippen LogP contribution in [0.4, 0.5) is 0 Å². The van der Waals surface area contributed by atoms with Crippen LogP contribution in [0.25, 0.3) is 0 Å². The zero-order valence-electron chi connectivity index (χ0n) is 38.6. The molecule has 20 atom stereocenters. The van der Waals surface area contributed by atoms with E-state index in [0.717, 1.165) is 74.5 Å². The molecule has 0 heterocycles. The highest BCUT2D eigenvalue weighted by atomic mass is 32.2. The zero-order chi connectivity index (χ0) is 43.0. The Morgan fingerprint density at radius 1 is 0.633 bits per heavy atom. The Morgan fingerprint density at radius 3 is 1.72 bits per heavy atom. The first-order chi connectivity index (χ1) is 28.3. The van der Waals surface area contributed by atoms with E-state index in [9.17, 15) is 28.5 Å². The largest absolute Gasteiger partial charge is 0.393 e. The molecule has 4 unspecified atom stereocenters. The summed E-state index contributed by atoms with van der Waals surface area (Å²) in [5.41, 5.74) is 1.22. The summed E-state index contributed by atoms with van der Waals surface area (Å²) in [6.07, 6.45) is 24.5. The van der Waals surface area contributed by atoms with E-state index >= 15 is 0 Å². The normalized spacial score (nSPS) is 49.6. The van der Waals surface area contributed by atoms with Crippen molar-refractivity contribution in [2.24, 2.45) is 98.6 Å². The number of unbranched alkanes of at least 4 members (excludes halogenated alkanes) is 1. The van der Waals surface area contributed by atoms with Gasteiger partial charge in [0, 0.05) is 13.0 Å². The van der Waals surface area contributed by atoms with Gasteiger partial charge in [-0.25, -0.2) is 0 Å². The summed E-state index contributed by atoms with van der Waals surface area (Å²) in [6, 6.07) is 0. The first kappa shape index (κ1) is 45.8. The summed E-state index contributed by atoms with van der Waals surface area (Å²) in [6.45, 7) is 15.3. The third-order valence-corrected chi connectivity index (χ3v) is 22.7. The molecule has 8 saturated carbocycles. The number of nitrogens with one attached hydrogen (secondary N) is 1. The lowest BCUT2D eigenvalue weighted by atomic mass is 9.42. The molecule has 5 N–H and O–H groups in total. The predicted molar refractivity (Wildman–Crippen MR) is 238 cm³/mol. The Balaban J connectivity index is 0.898. The number of carbonyl (C=O) groups is 1. The number of carbonyl (C=O) groups excluding carboxylic acids is 1. The van der Waals surface area contributed by atoms with Crippen molar-refractivity contribution in [3.05, 3.63) is 0 Å². The monoisotopic (exact) mass is 858 g/mol. The fraction of sp³-hybridized carbons (Fsp3) is 0.980. The molecule has 0 spiro atoms. The van der Waals surface area contributed by atoms with Gasteiger partial charge in [0.1, 0.15) is 0 Å². The third-order valence-electron chi connectivity index (χ3n) is 22.0. The van der Waals surface area contributed by atoms with Crippen molar-refractivity contribution in [3.63, 3.8) is 0 Å². The van der Waals surface area contributed by atoms with E-state index in [4.69, 9.17) is 4.55 Å². The highest BCUT2D eigenvalue weighted by Gasteiger charge is 2.64. The van der Waals surface area contributed by atoms with Gasteiger partial charge in [-0.05, 0) is 208 Å². The average Bonchev–Trinajstić information content (AvgIpc) is 3.73. The molecule has 344 valence electrons. The molecule has 1 amide bonds. The smallest absolute Gasteiger partial charge is 0.266 e. The average molecular weight is 858 g/mol. The molecule has 8 aliphatic rings. The number of aliphatic hydroxyl groups is 3. The molecule has 0 radical (unpaired) electrons. The summed E-state index contributed by atoms with van der Waals surface area (Å²) < 4.78 is 31.3. The Morgan fingerprint density at radius 2 is 1.13 bits per heavy atom. The SMILES string of the molecule is C[C@H](CCC(=O)NCCS(=O)(=O)O)[C@H]1CCC2[C@@H]3[C@@H](CCCC[C@H](C)[C@H]4CCC5[C@@H]6[C@@H](O)CC7C[C@H](O)CC[C@]7(C)[C@H]6CC[C@@]54C)CC4C[C@H](O)CC[C@]4(C)[C@H]3CC[C@@]21C. The first-order valence-electron chi connectivity index (χ1n) is 25.5. The van der Waals surface area contributed by atoms with Gasteiger partial charge in [0.15, 0.2) is 0 Å². The Bertz CT molecular complexity index is 1640. The highest BCUT2D eigenvalue weighted by Crippen LogP contribution is 2.71. The zero-order valence-corrected chi connectivity index (χ0v) is 39.4. The van der Waals surface area contributed by atoms with E-state index in [1.807, 2.05) is 0 Å². The first-order valence-corrected chi connectivity index (χ1v) is 27.2. The van der Waals surface area contributed by atoms with Gasteiger partial charge >= 0.3 is 0 Å². The topological polar surface area (TPSA) is 144 Å². The lowest BCUT2D eigenvalue weighted by molar-refractivity contribution is -0.174. The standard InChI is InChI=1S/C51H87NO7S/c1-31(38-13-15-41-47-43(20-24-51(38,41)6)49(4)22-18-37(54)29-35(49)30-44(47)55)9-7-8-10-33-27-34-28-36(53)17-21-48(34,3)42-19-23-50(5)39(12-14-40(50)46(33)42)32(2)11-16-45(56)52-25-26-60(57,58)59/h31-44,46-47,53-55H,7-30H2,1-6H3,(H,52,56)(H,57,58,59)/t31-,32+,33-,34?,35?,36+,37+,38+,39+,40?,41?,42-,43-,44-,46-,47-,48-,49-,50+,51+/m0/s1. The van der Waals surface area contributed by atoms with Crippen LogP contribution < -0.4 is 5.32 Å². The molecule has 0 aromatic carbocycles. The van der Waals surface area contributed by atoms with Crippen molar-refractivity contribution >= 4 is 16.0 Å². The van der Waals surface area contributed by atoms with E-state index in [1.165, 1.54) is 89.9 Å². The van der Waals surface area contributed by atoms with Crippen LogP contribution in [-0.4, -0.2) is 64.8 Å². The maximum absolute atomic E-state index is 12.7. The number of hydrogen-bond acceptors (Lipinski definition) is 6. The van der Waals surface area contributed by atoms with Crippen LogP contribution in [-0.2, 0) is 14.9 Å². The van der Waals surface area contributed by atoms with E-state index in [1.54, 1.807) is 0 Å². The van der Waals surface area contributed by atoms with Gasteiger partial charge in [-0.3, -0.25) is 9.35 Å². The molecule has 0 aromatic heterocycles. The van der Waals surface area contributed by atoms with Crippen LogP contribution in [0.1, 0.15) is 183 Å². The molecular weight excluding hydrogens is 771 g/mol. The molecule has 0 saturated heterocycles. The lowest BCUT2D eigenvalue weighted by Crippen LogP contribution is -2.58. The molecule has 60 heavy (non-hydrogen) atoms. The summed E-state index contributed by atoms with van der Waals surface area (Å²) in [7, 11) is -4.09. The van der Waals surface area contributed by atoms with Gasteiger partial charge in [0.05, 0.1) is 24.1 Å². The maximum Gasteiger partial charge on any atom is 0.266 e. The lowest BCUT2D eigenvalue weighted by Gasteiger charge is -2.63. The molecule has 8 fully saturated rings. The number of rotatable bonds is 13. The molecular formula is C51H87NO7S. The van der Waals surface area contributed by atoms with Gasteiger partial charge < -0.3 is 20.6 Å². The minimum Gasteiger partial charge on any atom is -0.393 e. The summed E-state index contributed by atoms with van der Waals surface area (Å²) in [5.74, 6) is 7.62. The van der Waals surface area contributed by atoms with Gasteiger partial charge in [0.2, 0.25) is 5.91 Å². The van der Waals surface area contributed by atoms with Crippen molar-refractivity contribution in [1.29, 1.82) is 0 Å². The maximum atomic E-state index is 12.7. The Labute approximate surface area is 365 Å². The molecule has 0 aliphatic heterocycles. The fourth-order valence-electron chi connectivity index (χ4n) is 18.9. The van der Waals surface area contributed by atoms with Crippen molar-refractivity contribution in [3.8, 4) is 0 Å². The predicted octanol–water partition coefficient (Wildman–Crippen LogP) is 9.84. The summed E-state index contributed by atoms with van der Waals surface area (Å²) in [4.78, 5) is 12.7.